The molecule has 1 aliphatic rings. The standard InChI is InChI=1S/C11H15NO2.C5H10O2/c1-7(2)5-8-9(11(8,3)4)10(13)14-6-12;1-2-3-4-5(6)7/h5,8-9H,1-4H3;2-4H2,1H3,(H,6,7). The third-order valence-electron chi connectivity index (χ3n) is 3.57. The number of hydrogen-bond donors (Lipinski definition) is 1. The van der Waals surface area contributed by atoms with Gasteiger partial charge in [0.25, 0.3) is 6.26 Å². The van der Waals surface area contributed by atoms with Crippen LogP contribution in [0.1, 0.15) is 53.9 Å². The molecular weight excluding hydrogens is 270 g/mol. The number of carboxylic acid groups (broad SMARTS) is 1. The van der Waals surface area contributed by atoms with E-state index in [1.165, 1.54) is 11.8 Å². The second-order valence-electron chi connectivity index (χ2n) is 6.08. The molecule has 1 rings (SSSR count). The van der Waals surface area contributed by atoms with Crippen LogP contribution in [-0.4, -0.2) is 17.0 Å². The first-order chi connectivity index (χ1) is 9.68. The summed E-state index contributed by atoms with van der Waals surface area (Å²) in [6.45, 7) is 10.0. The molecule has 0 aliphatic heterocycles. The van der Waals surface area contributed by atoms with Gasteiger partial charge in [0.2, 0.25) is 0 Å². The minimum absolute atomic E-state index is 0.0643. The second-order valence-corrected chi connectivity index (χ2v) is 6.08. The summed E-state index contributed by atoms with van der Waals surface area (Å²) in [5.74, 6) is -1.03. The number of carbonyl (C=O) groups excluding carboxylic acids is 1. The summed E-state index contributed by atoms with van der Waals surface area (Å²) in [4.78, 5) is 21.1. The Kier molecular flexibility index (Phi) is 7.72. The van der Waals surface area contributed by atoms with Gasteiger partial charge in [0, 0.05) is 6.42 Å². The number of ether oxygens (including phenoxy) is 1. The maximum Gasteiger partial charge on any atom is 0.325 e. The van der Waals surface area contributed by atoms with Crippen molar-refractivity contribution >= 4 is 11.9 Å². The molecule has 0 aromatic heterocycles. The Morgan fingerprint density at radius 2 is 1.95 bits per heavy atom. The van der Waals surface area contributed by atoms with Crippen molar-refractivity contribution in [2.75, 3.05) is 0 Å². The molecule has 1 N–H and O–H groups in total. The number of esters is 1. The van der Waals surface area contributed by atoms with Crippen molar-refractivity contribution in [3.05, 3.63) is 11.6 Å². The van der Waals surface area contributed by atoms with Gasteiger partial charge in [-0.1, -0.05) is 38.8 Å². The van der Waals surface area contributed by atoms with Crippen LogP contribution >= 0.6 is 0 Å². The van der Waals surface area contributed by atoms with E-state index in [1.807, 2.05) is 34.6 Å². The summed E-state index contributed by atoms with van der Waals surface area (Å²) in [5, 5.41) is 16.3. The van der Waals surface area contributed by atoms with Crippen LogP contribution in [0.4, 0.5) is 0 Å². The van der Waals surface area contributed by atoms with Gasteiger partial charge in [0.15, 0.2) is 0 Å². The van der Waals surface area contributed by atoms with Crippen LogP contribution in [-0.2, 0) is 14.3 Å². The Morgan fingerprint density at radius 3 is 2.29 bits per heavy atom. The first-order valence-electron chi connectivity index (χ1n) is 7.15. The Labute approximate surface area is 126 Å². The van der Waals surface area contributed by atoms with Crippen LogP contribution in [0.25, 0.3) is 0 Å². The largest absolute Gasteiger partial charge is 0.481 e. The van der Waals surface area contributed by atoms with Crippen LogP contribution < -0.4 is 0 Å². The van der Waals surface area contributed by atoms with Crippen LogP contribution in [0.3, 0.4) is 0 Å². The second kappa shape index (κ2) is 8.46. The molecule has 21 heavy (non-hydrogen) atoms. The molecule has 0 saturated heterocycles. The fraction of sp³-hybridized carbons (Fsp3) is 0.688. The zero-order valence-electron chi connectivity index (χ0n) is 13.5. The molecule has 2 atom stereocenters. The Bertz CT molecular complexity index is 442. The van der Waals surface area contributed by atoms with Gasteiger partial charge >= 0.3 is 11.9 Å². The SMILES string of the molecule is CC(C)=CC1C(C(=O)OC#N)C1(C)C.CCCCC(=O)O. The molecule has 1 aliphatic carbocycles. The van der Waals surface area contributed by atoms with E-state index in [0.29, 0.717) is 6.42 Å². The van der Waals surface area contributed by atoms with Gasteiger partial charge in [-0.15, -0.1) is 5.26 Å². The average Bonchev–Trinajstić information content (AvgIpc) is 2.88. The zero-order valence-corrected chi connectivity index (χ0v) is 13.5. The van der Waals surface area contributed by atoms with Gasteiger partial charge < -0.3 is 9.84 Å². The molecule has 2 unspecified atom stereocenters. The molecule has 0 amide bonds. The first-order valence-corrected chi connectivity index (χ1v) is 7.15. The monoisotopic (exact) mass is 295 g/mol. The molecule has 0 spiro atoms. The summed E-state index contributed by atoms with van der Waals surface area (Å²) < 4.78 is 4.35. The van der Waals surface area contributed by atoms with E-state index in [-0.39, 0.29) is 17.3 Å². The number of rotatable bonds is 5. The lowest BCUT2D eigenvalue weighted by molar-refractivity contribution is -0.139. The number of hydrogen-bond acceptors (Lipinski definition) is 4. The molecule has 0 aromatic carbocycles. The number of unbranched alkanes of at least 4 members (excludes halogenated alkanes) is 1. The minimum Gasteiger partial charge on any atom is -0.481 e. The highest BCUT2D eigenvalue weighted by molar-refractivity contribution is 5.79. The third-order valence-corrected chi connectivity index (χ3v) is 3.57. The van der Waals surface area contributed by atoms with Crippen molar-refractivity contribution in [3.63, 3.8) is 0 Å². The average molecular weight is 295 g/mol. The van der Waals surface area contributed by atoms with Gasteiger partial charge in [-0.3, -0.25) is 9.59 Å². The highest BCUT2D eigenvalue weighted by atomic mass is 16.5. The first kappa shape index (κ1) is 19.2. The van der Waals surface area contributed by atoms with Gasteiger partial charge in [-0.25, -0.2) is 0 Å². The number of nitriles is 1. The molecule has 0 radical (unpaired) electrons. The predicted octanol–water partition coefficient (Wildman–Crippen LogP) is 3.51. The topological polar surface area (TPSA) is 87.4 Å². The summed E-state index contributed by atoms with van der Waals surface area (Å²) in [5.41, 5.74) is 1.13. The van der Waals surface area contributed by atoms with Gasteiger partial charge in [-0.2, -0.15) is 0 Å². The predicted molar refractivity (Wildman–Crippen MR) is 79.1 cm³/mol. The molecule has 0 heterocycles. The summed E-state index contributed by atoms with van der Waals surface area (Å²) in [7, 11) is 0. The van der Waals surface area contributed by atoms with E-state index in [4.69, 9.17) is 10.4 Å². The maximum absolute atomic E-state index is 11.3. The molecule has 1 saturated carbocycles. The lowest BCUT2D eigenvalue weighted by Gasteiger charge is -1.97. The molecule has 0 aromatic rings. The van der Waals surface area contributed by atoms with E-state index in [2.05, 4.69) is 10.8 Å². The number of aliphatic carboxylic acids is 1. The van der Waals surface area contributed by atoms with Gasteiger partial charge in [0.05, 0.1) is 5.92 Å². The van der Waals surface area contributed by atoms with Gasteiger partial charge in [-0.05, 0) is 31.6 Å². The van der Waals surface area contributed by atoms with E-state index in [1.54, 1.807) is 0 Å². The number of carboxylic acids is 1. The molecule has 0 bridgehead atoms. The number of nitrogens with zero attached hydrogens (tertiary/aromatic N) is 1. The molecule has 5 nitrogen and oxygen atoms in total. The van der Waals surface area contributed by atoms with Gasteiger partial charge in [0.1, 0.15) is 0 Å². The lowest BCUT2D eigenvalue weighted by atomic mass is 10.1. The van der Waals surface area contributed by atoms with Crippen molar-refractivity contribution < 1.29 is 19.4 Å². The summed E-state index contributed by atoms with van der Waals surface area (Å²) in [6, 6.07) is 0. The van der Waals surface area contributed by atoms with Crippen LogP contribution in [0, 0.1) is 28.8 Å². The smallest absolute Gasteiger partial charge is 0.325 e. The minimum atomic E-state index is -0.693. The number of allylic oxidation sites excluding steroid dienone is 2. The Balaban J connectivity index is 0.000000486. The van der Waals surface area contributed by atoms with Crippen LogP contribution in [0.15, 0.2) is 11.6 Å². The van der Waals surface area contributed by atoms with Crippen molar-refractivity contribution in [1.29, 1.82) is 5.26 Å². The molecule has 118 valence electrons. The van der Waals surface area contributed by atoms with Crippen molar-refractivity contribution in [3.8, 4) is 6.26 Å². The molecule has 1 fully saturated rings. The van der Waals surface area contributed by atoms with E-state index in [9.17, 15) is 9.59 Å². The Hall–Kier alpha value is -1.83. The maximum atomic E-state index is 11.3. The zero-order chi connectivity index (χ0) is 16.6. The van der Waals surface area contributed by atoms with E-state index < -0.39 is 11.9 Å². The molecular formula is C16H25NO4. The van der Waals surface area contributed by atoms with E-state index >= 15 is 0 Å². The fourth-order valence-electron chi connectivity index (χ4n) is 2.23. The molecule has 5 heteroatoms. The van der Waals surface area contributed by atoms with Crippen molar-refractivity contribution in [1.82, 2.24) is 0 Å². The normalized spacial score (nSPS) is 21.1. The van der Waals surface area contributed by atoms with Crippen molar-refractivity contribution in [2.24, 2.45) is 17.3 Å². The lowest BCUT2D eigenvalue weighted by Crippen LogP contribution is -2.07. The quantitative estimate of drug-likeness (QED) is 0.476. The third kappa shape index (κ3) is 6.44. The number of carbonyl (C=O) groups is 2. The van der Waals surface area contributed by atoms with Crippen LogP contribution in [0.5, 0.6) is 0 Å². The van der Waals surface area contributed by atoms with Crippen LogP contribution in [0.2, 0.25) is 0 Å². The summed E-state index contributed by atoms with van der Waals surface area (Å²) in [6.07, 6.45) is 5.58. The Morgan fingerprint density at radius 1 is 1.38 bits per heavy atom. The highest BCUT2D eigenvalue weighted by Crippen LogP contribution is 2.59. The highest BCUT2D eigenvalue weighted by Gasteiger charge is 2.61. The summed E-state index contributed by atoms with van der Waals surface area (Å²) >= 11 is 0. The van der Waals surface area contributed by atoms with E-state index in [0.717, 1.165) is 12.8 Å². The fourth-order valence-corrected chi connectivity index (χ4v) is 2.23. The van der Waals surface area contributed by atoms with Crippen molar-refractivity contribution in [2.45, 2.75) is 53.9 Å².